The quantitative estimate of drug-likeness (QED) is 0.498. The van der Waals surface area contributed by atoms with E-state index in [0.29, 0.717) is 12.5 Å². The maximum atomic E-state index is 13.4. The molecule has 0 aliphatic heterocycles. The molecule has 3 aromatic heterocycles. The molecule has 0 aliphatic rings. The number of rotatable bonds is 5. The number of nitrogens with zero attached hydrogens (tertiary/aromatic N) is 6. The van der Waals surface area contributed by atoms with E-state index in [-0.39, 0.29) is 11.2 Å². The molecule has 0 radical (unpaired) electrons. The second-order valence-corrected chi connectivity index (χ2v) is 8.06. The lowest BCUT2D eigenvalue weighted by Crippen LogP contribution is -2.42. The van der Waals surface area contributed by atoms with Gasteiger partial charge in [-0.2, -0.15) is 10.1 Å². The Morgan fingerprint density at radius 3 is 2.25 bits per heavy atom. The van der Waals surface area contributed by atoms with Crippen LogP contribution in [0.25, 0.3) is 17.1 Å². The van der Waals surface area contributed by atoms with Crippen molar-refractivity contribution in [1.29, 1.82) is 0 Å². The van der Waals surface area contributed by atoms with Crippen LogP contribution in [0.15, 0.2) is 33.9 Å². The fraction of sp³-hybridized carbons (Fsp3) is 0.318. The van der Waals surface area contributed by atoms with Gasteiger partial charge in [0.25, 0.3) is 5.56 Å². The van der Waals surface area contributed by atoms with Crippen LogP contribution in [-0.4, -0.2) is 34.4 Å². The monoisotopic (exact) mass is 435 g/mol. The normalized spacial score (nSPS) is 11.4. The molecular weight excluding hydrogens is 410 g/mol. The Morgan fingerprint density at radius 2 is 1.69 bits per heavy atom. The highest BCUT2D eigenvalue weighted by atomic mass is 16.2. The minimum Gasteiger partial charge on any atom is -0.368 e. The fourth-order valence-electron chi connectivity index (χ4n) is 3.76. The number of hydrogen-bond donors (Lipinski definition) is 1. The summed E-state index contributed by atoms with van der Waals surface area (Å²) in [6, 6.07) is 7.92. The van der Waals surface area contributed by atoms with Gasteiger partial charge in [-0.25, -0.2) is 14.0 Å². The summed E-state index contributed by atoms with van der Waals surface area (Å²) >= 11 is 0. The highest BCUT2D eigenvalue weighted by Gasteiger charge is 2.24. The van der Waals surface area contributed by atoms with Crippen molar-refractivity contribution < 1.29 is 4.79 Å². The molecule has 2 N–H and O–H groups in total. The molecule has 1 amide bonds. The van der Waals surface area contributed by atoms with Crippen molar-refractivity contribution in [2.75, 3.05) is 0 Å². The molecule has 4 rings (SSSR count). The van der Waals surface area contributed by atoms with Crippen LogP contribution in [0.3, 0.4) is 0 Å². The lowest BCUT2D eigenvalue weighted by Gasteiger charge is -2.11. The van der Waals surface area contributed by atoms with Crippen LogP contribution in [0.5, 0.6) is 0 Å². The van der Waals surface area contributed by atoms with E-state index in [4.69, 9.17) is 5.73 Å². The molecule has 0 aliphatic carbocycles. The number of fused-ring (bicyclic) bond motifs is 1. The van der Waals surface area contributed by atoms with Crippen molar-refractivity contribution in [3.63, 3.8) is 0 Å². The number of hydrogen-bond acceptors (Lipinski definition) is 5. The molecule has 0 spiro atoms. The Hall–Kier alpha value is -3.95. The van der Waals surface area contributed by atoms with Crippen molar-refractivity contribution in [3.05, 3.63) is 73.2 Å². The largest absolute Gasteiger partial charge is 0.368 e. The summed E-state index contributed by atoms with van der Waals surface area (Å²) in [6.07, 6.45) is 0. The summed E-state index contributed by atoms with van der Waals surface area (Å²) in [5.41, 5.74) is 9.23. The highest BCUT2D eigenvalue weighted by molar-refractivity contribution is 5.75. The van der Waals surface area contributed by atoms with Gasteiger partial charge < -0.3 is 5.73 Å². The van der Waals surface area contributed by atoms with Gasteiger partial charge in [0.1, 0.15) is 6.54 Å². The third-order valence-electron chi connectivity index (χ3n) is 5.83. The fourth-order valence-corrected chi connectivity index (χ4v) is 3.76. The predicted molar refractivity (Wildman–Crippen MR) is 120 cm³/mol. The van der Waals surface area contributed by atoms with Crippen molar-refractivity contribution in [2.45, 2.75) is 40.8 Å². The summed E-state index contributed by atoms with van der Waals surface area (Å²) in [5.74, 6) is -0.360. The van der Waals surface area contributed by atoms with Crippen molar-refractivity contribution in [3.8, 4) is 5.95 Å². The molecule has 0 bridgehead atoms. The standard InChI is InChI=1S/C22H25N7O3/c1-12-6-8-16(9-7-12)10-27-18-19(24-21(27)29-15(4)13(2)14(3)25-29)26(5)22(32)28(20(18)31)11-17(23)30/h6-9H,10-11H2,1-5H3,(H2,23,30). The average molecular weight is 435 g/mol. The zero-order chi connectivity index (χ0) is 23.3. The van der Waals surface area contributed by atoms with Crippen LogP contribution in [0.1, 0.15) is 28.1 Å². The number of imidazole rings is 1. The number of amides is 1. The van der Waals surface area contributed by atoms with Gasteiger partial charge in [-0.3, -0.25) is 18.7 Å². The van der Waals surface area contributed by atoms with E-state index in [0.717, 1.165) is 32.6 Å². The lowest BCUT2D eigenvalue weighted by molar-refractivity contribution is -0.118. The average Bonchev–Trinajstić information content (AvgIpc) is 3.24. The summed E-state index contributed by atoms with van der Waals surface area (Å²) < 4.78 is 5.51. The van der Waals surface area contributed by atoms with Crippen molar-refractivity contribution in [2.24, 2.45) is 12.8 Å². The topological polar surface area (TPSA) is 123 Å². The molecule has 32 heavy (non-hydrogen) atoms. The molecule has 3 heterocycles. The molecular formula is C22H25N7O3. The van der Waals surface area contributed by atoms with Crippen molar-refractivity contribution >= 4 is 17.1 Å². The first-order chi connectivity index (χ1) is 15.1. The third kappa shape index (κ3) is 3.33. The molecule has 0 saturated carbocycles. The van der Waals surface area contributed by atoms with Crippen LogP contribution >= 0.6 is 0 Å². The number of carbonyl (C=O) groups excluding carboxylic acids is 1. The summed E-state index contributed by atoms with van der Waals surface area (Å²) in [5, 5.41) is 4.61. The Morgan fingerprint density at radius 1 is 1.03 bits per heavy atom. The van der Waals surface area contributed by atoms with Gasteiger partial charge in [-0.15, -0.1) is 0 Å². The zero-order valence-corrected chi connectivity index (χ0v) is 18.7. The number of nitrogens with two attached hydrogens (primary N) is 1. The Kier molecular flexibility index (Phi) is 5.08. The second-order valence-electron chi connectivity index (χ2n) is 8.06. The van der Waals surface area contributed by atoms with Crippen LogP contribution in [-0.2, 0) is 24.9 Å². The van der Waals surface area contributed by atoms with E-state index in [1.807, 2.05) is 52.0 Å². The van der Waals surface area contributed by atoms with Gasteiger partial charge in [0.15, 0.2) is 11.2 Å². The van der Waals surface area contributed by atoms with Crippen LogP contribution in [0, 0.1) is 27.7 Å². The first-order valence-corrected chi connectivity index (χ1v) is 10.2. The Bertz CT molecular complexity index is 1480. The van der Waals surface area contributed by atoms with Crippen LogP contribution < -0.4 is 17.0 Å². The number of primary amides is 1. The molecule has 1 aromatic carbocycles. The maximum Gasteiger partial charge on any atom is 0.332 e. The third-order valence-corrected chi connectivity index (χ3v) is 5.83. The van der Waals surface area contributed by atoms with E-state index in [9.17, 15) is 14.4 Å². The number of aromatic nitrogens is 6. The lowest BCUT2D eigenvalue weighted by atomic mass is 10.1. The molecule has 0 unspecified atom stereocenters. The van der Waals surface area contributed by atoms with Gasteiger partial charge in [0, 0.05) is 12.7 Å². The van der Waals surface area contributed by atoms with Gasteiger partial charge in [0.05, 0.1) is 12.2 Å². The summed E-state index contributed by atoms with van der Waals surface area (Å²) in [6.45, 7) is 7.62. The molecule has 0 fully saturated rings. The van der Waals surface area contributed by atoms with Gasteiger partial charge in [-0.1, -0.05) is 29.8 Å². The van der Waals surface area contributed by atoms with E-state index in [2.05, 4.69) is 10.1 Å². The molecule has 4 aromatic rings. The summed E-state index contributed by atoms with van der Waals surface area (Å²) in [4.78, 5) is 42.3. The van der Waals surface area contributed by atoms with Crippen LogP contribution in [0.4, 0.5) is 0 Å². The van der Waals surface area contributed by atoms with E-state index >= 15 is 0 Å². The Labute approximate surface area is 183 Å². The molecule has 166 valence electrons. The SMILES string of the molecule is Cc1ccc(Cn2c(-n3nc(C)c(C)c3C)nc3c2c(=O)n(CC(N)=O)c(=O)n3C)cc1. The van der Waals surface area contributed by atoms with E-state index in [1.165, 1.54) is 11.6 Å². The van der Waals surface area contributed by atoms with Gasteiger partial charge >= 0.3 is 5.69 Å². The minimum atomic E-state index is -0.775. The molecule has 0 saturated heterocycles. The first kappa shape index (κ1) is 21.3. The predicted octanol–water partition coefficient (Wildman–Crippen LogP) is 0.850. The van der Waals surface area contributed by atoms with Crippen LogP contribution in [0.2, 0.25) is 0 Å². The molecule has 10 heteroatoms. The van der Waals surface area contributed by atoms with Gasteiger partial charge in [-0.05, 0) is 38.8 Å². The van der Waals surface area contributed by atoms with Gasteiger partial charge in [0.2, 0.25) is 11.9 Å². The Balaban J connectivity index is 2.09. The number of aryl methyl sites for hydroxylation is 3. The van der Waals surface area contributed by atoms with E-state index in [1.54, 1.807) is 9.25 Å². The number of carbonyl (C=O) groups is 1. The molecule has 0 atom stereocenters. The maximum absolute atomic E-state index is 13.4. The molecule has 10 nitrogen and oxygen atoms in total. The first-order valence-electron chi connectivity index (χ1n) is 10.2. The summed E-state index contributed by atoms with van der Waals surface area (Å²) in [7, 11) is 1.51. The number of benzene rings is 1. The smallest absolute Gasteiger partial charge is 0.332 e. The van der Waals surface area contributed by atoms with E-state index < -0.39 is 23.7 Å². The van der Waals surface area contributed by atoms with Crippen molar-refractivity contribution in [1.82, 2.24) is 28.5 Å². The second kappa shape index (κ2) is 7.63. The highest BCUT2D eigenvalue weighted by Crippen LogP contribution is 2.21. The zero-order valence-electron chi connectivity index (χ0n) is 18.7. The minimum absolute atomic E-state index is 0.203.